The predicted octanol–water partition coefficient (Wildman–Crippen LogP) is 0.723. The van der Waals surface area contributed by atoms with Crippen molar-refractivity contribution in [1.29, 1.82) is 0 Å². The molecule has 0 aromatic carbocycles. The third-order valence-electron chi connectivity index (χ3n) is 2.73. The minimum absolute atomic E-state index is 0.197. The Morgan fingerprint density at radius 1 is 1.30 bits per heavy atom. The molecule has 2 N–H and O–H groups in total. The molecule has 0 spiro atoms. The molecule has 0 aliphatic heterocycles. The molecule has 0 bridgehead atoms. The van der Waals surface area contributed by atoms with Gasteiger partial charge in [0.1, 0.15) is 5.75 Å². The Hall–Kier alpha value is -2.21. The second kappa shape index (κ2) is 6.81. The molecule has 0 unspecified atom stereocenters. The van der Waals surface area contributed by atoms with Crippen LogP contribution in [0, 0.1) is 6.92 Å². The van der Waals surface area contributed by atoms with Crippen LogP contribution in [0.1, 0.15) is 17.5 Å². The van der Waals surface area contributed by atoms with Crippen molar-refractivity contribution in [3.05, 3.63) is 52.2 Å². The SMILES string of the molecule is Cc1cncc(Cn2ncc(OCCCN)cc2=O)c1. The van der Waals surface area contributed by atoms with Gasteiger partial charge in [-0.15, -0.1) is 0 Å². The van der Waals surface area contributed by atoms with E-state index >= 15 is 0 Å². The molecule has 0 aliphatic rings. The first kappa shape index (κ1) is 14.2. The van der Waals surface area contributed by atoms with Crippen LogP contribution in [0.3, 0.4) is 0 Å². The molecule has 2 rings (SSSR count). The van der Waals surface area contributed by atoms with Crippen molar-refractivity contribution in [3.8, 4) is 5.75 Å². The summed E-state index contributed by atoms with van der Waals surface area (Å²) < 4.78 is 6.76. The first-order valence-electron chi connectivity index (χ1n) is 6.49. The van der Waals surface area contributed by atoms with Crippen LogP contribution in [0.4, 0.5) is 0 Å². The van der Waals surface area contributed by atoms with Crippen molar-refractivity contribution in [2.45, 2.75) is 19.9 Å². The summed E-state index contributed by atoms with van der Waals surface area (Å²) in [5, 5.41) is 4.10. The lowest BCUT2D eigenvalue weighted by Gasteiger charge is -2.07. The zero-order valence-electron chi connectivity index (χ0n) is 11.5. The molecule has 2 heterocycles. The number of pyridine rings is 1. The Kier molecular flexibility index (Phi) is 4.84. The summed E-state index contributed by atoms with van der Waals surface area (Å²) in [4.78, 5) is 16.0. The molecule has 2 aromatic rings. The van der Waals surface area contributed by atoms with Gasteiger partial charge in [0, 0.05) is 18.5 Å². The van der Waals surface area contributed by atoms with Gasteiger partial charge < -0.3 is 10.5 Å². The largest absolute Gasteiger partial charge is 0.492 e. The van der Waals surface area contributed by atoms with Crippen molar-refractivity contribution in [3.63, 3.8) is 0 Å². The molecule has 0 atom stereocenters. The van der Waals surface area contributed by atoms with Gasteiger partial charge in [0.15, 0.2) is 0 Å². The molecular weight excluding hydrogens is 256 g/mol. The Labute approximate surface area is 117 Å². The van der Waals surface area contributed by atoms with Crippen LogP contribution in [0.5, 0.6) is 5.75 Å². The lowest BCUT2D eigenvalue weighted by molar-refractivity contribution is 0.309. The Balaban J connectivity index is 2.08. The van der Waals surface area contributed by atoms with Crippen molar-refractivity contribution >= 4 is 0 Å². The summed E-state index contributed by atoms with van der Waals surface area (Å²) in [6.45, 7) is 3.41. The molecule has 0 radical (unpaired) electrons. The zero-order chi connectivity index (χ0) is 14.4. The summed E-state index contributed by atoms with van der Waals surface area (Å²) >= 11 is 0. The number of nitrogens with zero attached hydrogens (tertiary/aromatic N) is 3. The van der Waals surface area contributed by atoms with E-state index in [4.69, 9.17) is 10.5 Å². The summed E-state index contributed by atoms with van der Waals surface area (Å²) in [7, 11) is 0. The van der Waals surface area contributed by atoms with E-state index in [0.29, 0.717) is 25.4 Å². The second-order valence-electron chi connectivity index (χ2n) is 4.55. The molecule has 2 aromatic heterocycles. The third-order valence-corrected chi connectivity index (χ3v) is 2.73. The molecular formula is C14H18N4O2. The number of aromatic nitrogens is 3. The fourth-order valence-corrected chi connectivity index (χ4v) is 1.76. The van der Waals surface area contributed by atoms with E-state index in [0.717, 1.165) is 17.5 Å². The van der Waals surface area contributed by atoms with Crippen molar-refractivity contribution in [1.82, 2.24) is 14.8 Å². The zero-order valence-corrected chi connectivity index (χ0v) is 11.5. The molecule has 0 amide bonds. The fourth-order valence-electron chi connectivity index (χ4n) is 1.76. The smallest absolute Gasteiger partial charge is 0.270 e. The highest BCUT2D eigenvalue weighted by molar-refractivity contribution is 5.18. The van der Waals surface area contributed by atoms with Crippen LogP contribution in [-0.4, -0.2) is 27.9 Å². The number of aryl methyl sites for hydroxylation is 1. The highest BCUT2D eigenvalue weighted by Gasteiger charge is 2.03. The molecule has 0 fully saturated rings. The summed E-state index contributed by atoms with van der Waals surface area (Å²) in [6.07, 6.45) is 5.79. The van der Waals surface area contributed by atoms with Gasteiger partial charge in [0.25, 0.3) is 5.56 Å². The lowest BCUT2D eigenvalue weighted by Crippen LogP contribution is -2.23. The number of ether oxygens (including phenoxy) is 1. The van der Waals surface area contributed by atoms with E-state index in [1.807, 2.05) is 13.0 Å². The molecule has 106 valence electrons. The van der Waals surface area contributed by atoms with Gasteiger partial charge in [-0.1, -0.05) is 6.07 Å². The molecule has 0 saturated carbocycles. The van der Waals surface area contributed by atoms with Gasteiger partial charge in [0.2, 0.25) is 0 Å². The molecule has 6 nitrogen and oxygen atoms in total. The summed E-state index contributed by atoms with van der Waals surface area (Å²) in [6, 6.07) is 3.42. The number of hydrogen-bond acceptors (Lipinski definition) is 5. The minimum Gasteiger partial charge on any atom is -0.492 e. The Bertz CT molecular complexity index is 625. The maximum absolute atomic E-state index is 11.9. The van der Waals surface area contributed by atoms with Crippen LogP contribution >= 0.6 is 0 Å². The van der Waals surface area contributed by atoms with E-state index in [9.17, 15) is 4.79 Å². The molecule has 6 heteroatoms. The standard InChI is InChI=1S/C14H18N4O2/c1-11-5-12(8-16-7-11)10-18-14(19)6-13(9-17-18)20-4-2-3-15/h5-9H,2-4,10,15H2,1H3. The lowest BCUT2D eigenvalue weighted by atomic mass is 10.2. The maximum Gasteiger partial charge on any atom is 0.270 e. The predicted molar refractivity (Wildman–Crippen MR) is 75.7 cm³/mol. The van der Waals surface area contributed by atoms with Crippen LogP contribution in [0.2, 0.25) is 0 Å². The van der Waals surface area contributed by atoms with Crippen LogP contribution in [0.15, 0.2) is 35.5 Å². The monoisotopic (exact) mass is 274 g/mol. The fraction of sp³-hybridized carbons (Fsp3) is 0.357. The van der Waals surface area contributed by atoms with Crippen molar-refractivity contribution in [2.75, 3.05) is 13.2 Å². The number of nitrogens with two attached hydrogens (primary N) is 1. The van der Waals surface area contributed by atoms with Crippen LogP contribution in [0.25, 0.3) is 0 Å². The first-order chi connectivity index (χ1) is 9.69. The number of hydrogen-bond donors (Lipinski definition) is 1. The maximum atomic E-state index is 11.9. The van der Waals surface area contributed by atoms with Crippen molar-refractivity contribution < 1.29 is 4.74 Å². The Morgan fingerprint density at radius 3 is 2.85 bits per heavy atom. The minimum atomic E-state index is -0.197. The molecule has 0 aliphatic carbocycles. The van der Waals surface area contributed by atoms with Gasteiger partial charge in [-0.05, 0) is 31.0 Å². The average molecular weight is 274 g/mol. The Morgan fingerprint density at radius 2 is 2.15 bits per heavy atom. The highest BCUT2D eigenvalue weighted by atomic mass is 16.5. The van der Waals surface area contributed by atoms with Gasteiger partial charge in [-0.2, -0.15) is 5.10 Å². The second-order valence-corrected chi connectivity index (χ2v) is 4.55. The van der Waals surface area contributed by atoms with Gasteiger partial charge in [-0.3, -0.25) is 9.78 Å². The van der Waals surface area contributed by atoms with Crippen LogP contribution < -0.4 is 16.0 Å². The summed E-state index contributed by atoms with van der Waals surface area (Å²) in [5.41, 5.74) is 7.17. The third kappa shape index (κ3) is 3.89. The van der Waals surface area contributed by atoms with Gasteiger partial charge in [0.05, 0.1) is 19.3 Å². The van der Waals surface area contributed by atoms with Crippen LogP contribution in [-0.2, 0) is 6.54 Å². The number of rotatable bonds is 6. The molecule has 0 saturated heterocycles. The van der Waals surface area contributed by atoms with E-state index in [1.165, 1.54) is 10.7 Å². The molecule has 20 heavy (non-hydrogen) atoms. The topological polar surface area (TPSA) is 83.0 Å². The highest BCUT2D eigenvalue weighted by Crippen LogP contribution is 2.06. The van der Waals surface area contributed by atoms with E-state index in [-0.39, 0.29) is 5.56 Å². The van der Waals surface area contributed by atoms with E-state index in [1.54, 1.807) is 18.6 Å². The average Bonchev–Trinajstić information content (AvgIpc) is 2.42. The van der Waals surface area contributed by atoms with Gasteiger partial charge >= 0.3 is 0 Å². The van der Waals surface area contributed by atoms with E-state index < -0.39 is 0 Å². The first-order valence-corrected chi connectivity index (χ1v) is 6.49. The van der Waals surface area contributed by atoms with Gasteiger partial charge in [-0.25, -0.2) is 4.68 Å². The van der Waals surface area contributed by atoms with E-state index in [2.05, 4.69) is 10.1 Å². The normalized spacial score (nSPS) is 10.5. The quantitative estimate of drug-likeness (QED) is 0.785. The summed E-state index contributed by atoms with van der Waals surface area (Å²) in [5.74, 6) is 0.474. The van der Waals surface area contributed by atoms with Crippen molar-refractivity contribution in [2.24, 2.45) is 5.73 Å².